The fourth-order valence-corrected chi connectivity index (χ4v) is 3.20. The highest BCUT2D eigenvalue weighted by atomic mass is 16.5. The van der Waals surface area contributed by atoms with Gasteiger partial charge in [0.2, 0.25) is 0 Å². The molecule has 1 atom stereocenters. The average Bonchev–Trinajstić information content (AvgIpc) is 2.49. The SMILES string of the molecule is CCOc1cccc(C(NC)C(C)(C)N2CCOCC2)c1. The van der Waals surface area contributed by atoms with Gasteiger partial charge in [0.05, 0.1) is 25.9 Å². The number of morpholine rings is 1. The lowest BCUT2D eigenvalue weighted by molar-refractivity contribution is -0.0229. The van der Waals surface area contributed by atoms with Crippen molar-refractivity contribution in [3.8, 4) is 5.75 Å². The summed E-state index contributed by atoms with van der Waals surface area (Å²) in [6.07, 6.45) is 0. The van der Waals surface area contributed by atoms with Crippen molar-refractivity contribution in [2.45, 2.75) is 32.4 Å². The topological polar surface area (TPSA) is 33.7 Å². The zero-order valence-corrected chi connectivity index (χ0v) is 13.7. The monoisotopic (exact) mass is 292 g/mol. The van der Waals surface area contributed by atoms with Crippen molar-refractivity contribution in [2.24, 2.45) is 0 Å². The minimum absolute atomic E-state index is 0.0172. The Morgan fingerprint density at radius 1 is 1.33 bits per heavy atom. The number of nitrogens with one attached hydrogen (secondary N) is 1. The number of ether oxygens (including phenoxy) is 2. The summed E-state index contributed by atoms with van der Waals surface area (Å²) in [5, 5.41) is 3.49. The zero-order chi connectivity index (χ0) is 15.3. The first kappa shape index (κ1) is 16.3. The fourth-order valence-electron chi connectivity index (χ4n) is 3.20. The molecule has 4 heteroatoms. The molecule has 4 nitrogen and oxygen atoms in total. The van der Waals surface area contributed by atoms with E-state index in [0.717, 1.165) is 32.1 Å². The molecule has 1 unspecified atom stereocenters. The van der Waals surface area contributed by atoms with Gasteiger partial charge in [-0.2, -0.15) is 0 Å². The third kappa shape index (κ3) is 3.76. The molecule has 0 spiro atoms. The van der Waals surface area contributed by atoms with Crippen LogP contribution in [0, 0.1) is 0 Å². The van der Waals surface area contributed by atoms with Crippen LogP contribution in [0.15, 0.2) is 24.3 Å². The standard InChI is InChI=1S/C17H28N2O2/c1-5-21-15-8-6-7-14(13-15)16(18-4)17(2,3)19-9-11-20-12-10-19/h6-8,13,16,18H,5,9-12H2,1-4H3. The molecular formula is C17H28N2O2. The van der Waals surface area contributed by atoms with E-state index in [1.165, 1.54) is 5.56 Å². The Kier molecular flexibility index (Phi) is 5.62. The Balaban J connectivity index is 2.22. The molecule has 1 aromatic rings. The smallest absolute Gasteiger partial charge is 0.119 e. The lowest BCUT2D eigenvalue weighted by Gasteiger charge is -2.46. The van der Waals surface area contributed by atoms with E-state index in [0.29, 0.717) is 6.61 Å². The lowest BCUT2D eigenvalue weighted by Crippen LogP contribution is -2.55. The van der Waals surface area contributed by atoms with Gasteiger partial charge in [-0.25, -0.2) is 0 Å². The minimum atomic E-state index is 0.0172. The first-order valence-corrected chi connectivity index (χ1v) is 7.82. The third-order valence-electron chi connectivity index (χ3n) is 4.32. The molecule has 2 rings (SSSR count). The van der Waals surface area contributed by atoms with E-state index in [1.54, 1.807) is 0 Å². The summed E-state index contributed by atoms with van der Waals surface area (Å²) < 4.78 is 11.1. The van der Waals surface area contributed by atoms with Crippen LogP contribution < -0.4 is 10.1 Å². The van der Waals surface area contributed by atoms with Crippen LogP contribution in [-0.4, -0.2) is 50.4 Å². The molecule has 1 saturated heterocycles. The number of likely N-dealkylation sites (N-methyl/N-ethyl adjacent to an activating group) is 1. The van der Waals surface area contributed by atoms with Gasteiger partial charge in [-0.1, -0.05) is 12.1 Å². The quantitative estimate of drug-likeness (QED) is 0.873. The van der Waals surface area contributed by atoms with E-state index in [-0.39, 0.29) is 11.6 Å². The molecule has 0 bridgehead atoms. The van der Waals surface area contributed by atoms with Crippen molar-refractivity contribution < 1.29 is 9.47 Å². The number of benzene rings is 1. The van der Waals surface area contributed by atoms with E-state index < -0.39 is 0 Å². The molecule has 1 fully saturated rings. The molecule has 0 radical (unpaired) electrons. The molecule has 118 valence electrons. The predicted octanol–water partition coefficient (Wildman–Crippen LogP) is 2.46. The summed E-state index contributed by atoms with van der Waals surface area (Å²) in [6, 6.07) is 8.65. The molecule has 1 N–H and O–H groups in total. The van der Waals surface area contributed by atoms with Gasteiger partial charge in [-0.05, 0) is 45.5 Å². The number of hydrogen-bond donors (Lipinski definition) is 1. The van der Waals surface area contributed by atoms with Gasteiger partial charge in [0.15, 0.2) is 0 Å². The van der Waals surface area contributed by atoms with Crippen LogP contribution in [0.1, 0.15) is 32.4 Å². The summed E-state index contributed by atoms with van der Waals surface area (Å²) in [6.45, 7) is 10.9. The molecule has 0 aromatic heterocycles. The number of rotatable bonds is 6. The first-order valence-electron chi connectivity index (χ1n) is 7.82. The Bertz CT molecular complexity index is 442. The van der Waals surface area contributed by atoms with Gasteiger partial charge in [0.1, 0.15) is 5.75 Å². The highest BCUT2D eigenvalue weighted by Gasteiger charge is 2.36. The molecule has 1 heterocycles. The summed E-state index contributed by atoms with van der Waals surface area (Å²) in [7, 11) is 2.03. The largest absolute Gasteiger partial charge is 0.494 e. The molecule has 21 heavy (non-hydrogen) atoms. The van der Waals surface area contributed by atoms with Gasteiger partial charge in [-0.15, -0.1) is 0 Å². The van der Waals surface area contributed by atoms with Crippen LogP contribution in [0.5, 0.6) is 5.75 Å². The molecule has 1 aliphatic heterocycles. The fraction of sp³-hybridized carbons (Fsp3) is 0.647. The molecule has 1 aromatic carbocycles. The van der Waals surface area contributed by atoms with Crippen molar-refractivity contribution in [3.05, 3.63) is 29.8 Å². The maximum absolute atomic E-state index is 5.64. The van der Waals surface area contributed by atoms with E-state index in [4.69, 9.17) is 9.47 Å². The van der Waals surface area contributed by atoms with Gasteiger partial charge >= 0.3 is 0 Å². The Morgan fingerprint density at radius 2 is 2.05 bits per heavy atom. The van der Waals surface area contributed by atoms with Crippen LogP contribution in [-0.2, 0) is 4.74 Å². The molecular weight excluding hydrogens is 264 g/mol. The van der Waals surface area contributed by atoms with E-state index in [9.17, 15) is 0 Å². The van der Waals surface area contributed by atoms with Gasteiger partial charge < -0.3 is 14.8 Å². The van der Waals surface area contributed by atoms with Crippen molar-refractivity contribution in [3.63, 3.8) is 0 Å². The van der Waals surface area contributed by atoms with Crippen LogP contribution >= 0.6 is 0 Å². The van der Waals surface area contributed by atoms with Crippen LogP contribution in [0.4, 0.5) is 0 Å². The normalized spacial score (nSPS) is 18.5. The van der Waals surface area contributed by atoms with Crippen molar-refractivity contribution in [2.75, 3.05) is 40.0 Å². The van der Waals surface area contributed by atoms with Gasteiger partial charge in [0.25, 0.3) is 0 Å². The van der Waals surface area contributed by atoms with Gasteiger partial charge in [0, 0.05) is 18.6 Å². The van der Waals surface area contributed by atoms with Crippen molar-refractivity contribution >= 4 is 0 Å². The average molecular weight is 292 g/mol. The maximum atomic E-state index is 5.64. The van der Waals surface area contributed by atoms with E-state index in [1.807, 2.05) is 20.0 Å². The summed E-state index contributed by atoms with van der Waals surface area (Å²) in [5.41, 5.74) is 1.28. The second-order valence-corrected chi connectivity index (χ2v) is 5.98. The van der Waals surface area contributed by atoms with Crippen molar-refractivity contribution in [1.29, 1.82) is 0 Å². The molecule has 0 saturated carbocycles. The highest BCUT2D eigenvalue weighted by Crippen LogP contribution is 2.32. The summed E-state index contributed by atoms with van der Waals surface area (Å²) in [5.74, 6) is 0.938. The second kappa shape index (κ2) is 7.25. The van der Waals surface area contributed by atoms with E-state index >= 15 is 0 Å². The van der Waals surface area contributed by atoms with Crippen LogP contribution in [0.2, 0.25) is 0 Å². The Hall–Kier alpha value is -1.10. The molecule has 0 aliphatic carbocycles. The first-order chi connectivity index (χ1) is 10.1. The summed E-state index contributed by atoms with van der Waals surface area (Å²) in [4.78, 5) is 2.50. The second-order valence-electron chi connectivity index (χ2n) is 5.98. The number of hydrogen-bond acceptors (Lipinski definition) is 4. The van der Waals surface area contributed by atoms with Crippen molar-refractivity contribution in [1.82, 2.24) is 10.2 Å². The minimum Gasteiger partial charge on any atom is -0.494 e. The molecule has 0 amide bonds. The third-order valence-corrected chi connectivity index (χ3v) is 4.32. The van der Waals surface area contributed by atoms with E-state index in [2.05, 4.69) is 42.3 Å². The van der Waals surface area contributed by atoms with Gasteiger partial charge in [-0.3, -0.25) is 4.90 Å². The Labute approximate surface area is 128 Å². The molecule has 1 aliphatic rings. The summed E-state index contributed by atoms with van der Waals surface area (Å²) >= 11 is 0. The van der Waals surface area contributed by atoms with Crippen LogP contribution in [0.25, 0.3) is 0 Å². The Morgan fingerprint density at radius 3 is 2.67 bits per heavy atom. The highest BCUT2D eigenvalue weighted by molar-refractivity contribution is 5.32. The maximum Gasteiger partial charge on any atom is 0.119 e. The zero-order valence-electron chi connectivity index (χ0n) is 13.7. The lowest BCUT2D eigenvalue weighted by atomic mass is 9.86. The number of nitrogens with zero attached hydrogens (tertiary/aromatic N) is 1. The predicted molar refractivity (Wildman–Crippen MR) is 85.9 cm³/mol. The van der Waals surface area contributed by atoms with Crippen LogP contribution in [0.3, 0.4) is 0 Å².